The molecule has 34 heavy (non-hydrogen) atoms. The number of nitrogens with zero attached hydrogens (tertiary/aromatic N) is 1. The number of piperidine rings is 1. The molecule has 0 aromatic heterocycles. The number of quaternary nitrogens is 1. The molecule has 3 atom stereocenters. The summed E-state index contributed by atoms with van der Waals surface area (Å²) in [6.07, 6.45) is 3.03. The van der Waals surface area contributed by atoms with E-state index in [-0.39, 0.29) is 11.9 Å². The first-order valence-corrected chi connectivity index (χ1v) is 12.8. The molecule has 0 spiro atoms. The van der Waals surface area contributed by atoms with E-state index in [2.05, 4.69) is 74.6 Å². The van der Waals surface area contributed by atoms with Crippen LogP contribution in [0.25, 0.3) is 0 Å². The van der Waals surface area contributed by atoms with Crippen molar-refractivity contribution in [3.8, 4) is 0 Å². The Kier molecular flexibility index (Phi) is 7.75. The van der Waals surface area contributed by atoms with E-state index in [4.69, 9.17) is 11.6 Å². The Bertz CT molecular complexity index is 1110. The normalized spacial score (nSPS) is 21.1. The lowest BCUT2D eigenvalue weighted by molar-refractivity contribution is -0.960. The van der Waals surface area contributed by atoms with Gasteiger partial charge >= 0.3 is 0 Å². The van der Waals surface area contributed by atoms with Gasteiger partial charge in [0.05, 0.1) is 13.1 Å². The second-order valence-electron chi connectivity index (χ2n) is 9.80. The second kappa shape index (κ2) is 10.8. The fourth-order valence-corrected chi connectivity index (χ4v) is 6.01. The van der Waals surface area contributed by atoms with Gasteiger partial charge in [-0.2, -0.15) is 0 Å². The molecule has 178 valence electrons. The van der Waals surface area contributed by atoms with Crippen LogP contribution in [-0.2, 0) is 11.3 Å². The van der Waals surface area contributed by atoms with Gasteiger partial charge in [0.2, 0.25) is 0 Å². The molecule has 4 rings (SSSR count). The smallest absolute Gasteiger partial charge is 0.282 e. The summed E-state index contributed by atoms with van der Waals surface area (Å²) < 4.78 is 0.733. The summed E-state index contributed by atoms with van der Waals surface area (Å²) in [6.45, 7) is 8.95. The number of nitrogens with one attached hydrogen (secondary N) is 1. The molecule has 1 aliphatic rings. The Hall–Kier alpha value is -2.62. The lowest BCUT2D eigenvalue weighted by atomic mass is 9.86. The van der Waals surface area contributed by atoms with Gasteiger partial charge in [-0.1, -0.05) is 85.3 Å². The highest BCUT2D eigenvalue weighted by atomic mass is 35.5. The maximum Gasteiger partial charge on any atom is 0.282 e. The third kappa shape index (κ3) is 5.21. The first-order valence-electron chi connectivity index (χ1n) is 12.4. The van der Waals surface area contributed by atoms with E-state index in [0.717, 1.165) is 70.8 Å². The predicted molar refractivity (Wildman–Crippen MR) is 142 cm³/mol. The maximum atomic E-state index is 13.9. The van der Waals surface area contributed by atoms with Crippen LogP contribution in [0, 0.1) is 13.8 Å². The zero-order valence-electron chi connectivity index (χ0n) is 20.6. The van der Waals surface area contributed by atoms with Crippen LogP contribution in [0.4, 0.5) is 5.69 Å². The summed E-state index contributed by atoms with van der Waals surface area (Å²) in [5.41, 5.74) is 5.63. The molecule has 0 saturated carbocycles. The summed E-state index contributed by atoms with van der Waals surface area (Å²) in [5, 5.41) is 4.10. The lowest BCUT2D eigenvalue weighted by Gasteiger charge is -2.49. The molecule has 3 aromatic carbocycles. The van der Waals surface area contributed by atoms with Crippen molar-refractivity contribution in [2.45, 2.75) is 58.5 Å². The van der Waals surface area contributed by atoms with Crippen LogP contribution in [0.5, 0.6) is 0 Å². The van der Waals surface area contributed by atoms with Gasteiger partial charge in [-0.3, -0.25) is 4.79 Å². The molecule has 1 aliphatic heterocycles. The summed E-state index contributed by atoms with van der Waals surface area (Å²) >= 11 is 6.65. The van der Waals surface area contributed by atoms with E-state index >= 15 is 0 Å². The number of aryl methyl sites for hydroxylation is 2. The molecule has 1 heterocycles. The molecule has 4 heteroatoms. The monoisotopic (exact) mass is 475 g/mol. The Morgan fingerprint density at radius 1 is 1.00 bits per heavy atom. The van der Waals surface area contributed by atoms with E-state index in [9.17, 15) is 4.79 Å². The third-order valence-corrected chi connectivity index (χ3v) is 7.90. The quantitative estimate of drug-likeness (QED) is 0.357. The lowest BCUT2D eigenvalue weighted by Crippen LogP contribution is -2.62. The van der Waals surface area contributed by atoms with Crippen molar-refractivity contribution in [1.29, 1.82) is 0 Å². The molecule has 3 unspecified atom stereocenters. The predicted octanol–water partition coefficient (Wildman–Crippen LogP) is 7.27. The number of benzene rings is 3. The number of hydrogen-bond donors (Lipinski definition) is 1. The molecule has 0 aliphatic carbocycles. The SMILES string of the molecule is CCC(C(=O)Nc1c(C)cccc1C)[N+]1(Cc2ccccc2Cl)CCCC(c2ccccc2)C1. The van der Waals surface area contributed by atoms with Crippen molar-refractivity contribution < 1.29 is 9.28 Å². The van der Waals surface area contributed by atoms with Crippen LogP contribution in [0.15, 0.2) is 72.8 Å². The second-order valence-corrected chi connectivity index (χ2v) is 10.2. The summed E-state index contributed by atoms with van der Waals surface area (Å²) in [5.74, 6) is 0.542. The van der Waals surface area contributed by atoms with Gasteiger partial charge < -0.3 is 9.80 Å². The molecular formula is C30H36ClN2O+. The highest BCUT2D eigenvalue weighted by Gasteiger charge is 2.45. The number of rotatable bonds is 7. The van der Waals surface area contributed by atoms with Crippen LogP contribution >= 0.6 is 11.6 Å². The highest BCUT2D eigenvalue weighted by molar-refractivity contribution is 6.31. The van der Waals surface area contributed by atoms with Gasteiger partial charge in [0, 0.05) is 28.6 Å². The van der Waals surface area contributed by atoms with Crippen LogP contribution in [0.1, 0.15) is 54.4 Å². The molecule has 1 fully saturated rings. The van der Waals surface area contributed by atoms with Gasteiger partial charge in [0.15, 0.2) is 6.04 Å². The topological polar surface area (TPSA) is 29.1 Å². The van der Waals surface area contributed by atoms with Gasteiger partial charge in [-0.15, -0.1) is 0 Å². The number of halogens is 1. The van der Waals surface area contributed by atoms with E-state index < -0.39 is 0 Å². The molecule has 3 nitrogen and oxygen atoms in total. The van der Waals surface area contributed by atoms with Gasteiger partial charge in [-0.05, 0) is 49.4 Å². The van der Waals surface area contributed by atoms with Gasteiger partial charge in [-0.25, -0.2) is 0 Å². The molecule has 1 N–H and O–H groups in total. The third-order valence-electron chi connectivity index (χ3n) is 7.53. The van der Waals surface area contributed by atoms with Crippen LogP contribution in [0.2, 0.25) is 5.02 Å². The number of hydrogen-bond acceptors (Lipinski definition) is 1. The Balaban J connectivity index is 1.71. The summed E-state index contributed by atoms with van der Waals surface area (Å²) in [7, 11) is 0. The standard InChI is InChI=1S/C30H35ClN2O/c1-4-28(30(34)32-29-22(2)12-10-13-23(29)3)33(21-26-16-8-9-18-27(26)31)19-11-17-25(20-33)24-14-6-5-7-15-24/h5-10,12-16,18,25,28H,4,11,17,19-21H2,1-3H3/p+1. The Morgan fingerprint density at radius 3 is 2.35 bits per heavy atom. The van der Waals surface area contributed by atoms with E-state index in [1.165, 1.54) is 5.56 Å². The molecule has 1 saturated heterocycles. The fourth-order valence-electron chi connectivity index (χ4n) is 5.81. The number of para-hydroxylation sites is 1. The minimum Gasteiger partial charge on any atom is -0.320 e. The van der Waals surface area contributed by atoms with Crippen molar-refractivity contribution in [2.75, 3.05) is 18.4 Å². The number of anilines is 1. The van der Waals surface area contributed by atoms with E-state index in [1.54, 1.807) is 0 Å². The van der Waals surface area contributed by atoms with Crippen molar-refractivity contribution >= 4 is 23.2 Å². The summed E-state index contributed by atoms with van der Waals surface area (Å²) in [6, 6.07) is 24.9. The van der Waals surface area contributed by atoms with Crippen molar-refractivity contribution in [3.63, 3.8) is 0 Å². The highest BCUT2D eigenvalue weighted by Crippen LogP contribution is 2.37. The zero-order chi connectivity index (χ0) is 24.1. The van der Waals surface area contributed by atoms with Crippen LogP contribution < -0.4 is 5.32 Å². The minimum atomic E-state index is -0.151. The van der Waals surface area contributed by atoms with Crippen molar-refractivity contribution in [3.05, 3.63) is 100 Å². The van der Waals surface area contributed by atoms with Crippen molar-refractivity contribution in [1.82, 2.24) is 0 Å². The van der Waals surface area contributed by atoms with Crippen LogP contribution in [0.3, 0.4) is 0 Å². The first kappa shape index (κ1) is 24.5. The van der Waals surface area contributed by atoms with Crippen LogP contribution in [-0.4, -0.2) is 29.5 Å². The Labute approximate surface area is 209 Å². The number of likely N-dealkylation sites (tertiary alicyclic amines) is 1. The van der Waals surface area contributed by atoms with Gasteiger partial charge in [0.1, 0.15) is 6.54 Å². The maximum absolute atomic E-state index is 13.9. The molecule has 0 radical (unpaired) electrons. The first-order chi connectivity index (χ1) is 16.4. The summed E-state index contributed by atoms with van der Waals surface area (Å²) in [4.78, 5) is 13.9. The number of amides is 1. The fraction of sp³-hybridized carbons (Fsp3) is 0.367. The largest absolute Gasteiger partial charge is 0.320 e. The Morgan fingerprint density at radius 2 is 1.68 bits per heavy atom. The average Bonchev–Trinajstić information content (AvgIpc) is 2.84. The minimum absolute atomic E-state index is 0.112. The van der Waals surface area contributed by atoms with E-state index in [0.29, 0.717) is 5.92 Å². The molecule has 0 bridgehead atoms. The van der Waals surface area contributed by atoms with Crippen molar-refractivity contribution in [2.24, 2.45) is 0 Å². The molecular weight excluding hydrogens is 440 g/mol. The average molecular weight is 476 g/mol. The zero-order valence-corrected chi connectivity index (χ0v) is 21.3. The van der Waals surface area contributed by atoms with E-state index in [1.807, 2.05) is 24.3 Å². The van der Waals surface area contributed by atoms with Gasteiger partial charge in [0.25, 0.3) is 5.91 Å². The molecule has 1 amide bonds. The number of carbonyl (C=O) groups is 1. The molecule has 3 aromatic rings. The number of carbonyl (C=O) groups excluding carboxylic acids is 1.